The topological polar surface area (TPSA) is 75.7 Å². The standard InChI is InChI=1S/C14H26N2O4S/c1-12(15-13(17)20-14(2,3)4)8-11-21(18,19)16-9-6-5-7-10-16/h8,11-12H,5-7,9-10H2,1-4H3,(H,15,17)/b11-8+. The number of piperidine rings is 1. The third kappa shape index (κ3) is 6.95. The summed E-state index contributed by atoms with van der Waals surface area (Å²) in [6.45, 7) is 8.16. The largest absolute Gasteiger partial charge is 0.444 e. The molecule has 1 unspecified atom stereocenters. The molecule has 0 aromatic heterocycles. The Morgan fingerprint density at radius 3 is 2.33 bits per heavy atom. The van der Waals surface area contributed by atoms with Crippen molar-refractivity contribution in [3.63, 3.8) is 0 Å². The fourth-order valence-corrected chi connectivity index (χ4v) is 3.34. The number of alkyl carbamates (subject to hydrolysis) is 1. The van der Waals surface area contributed by atoms with Crippen molar-refractivity contribution < 1.29 is 17.9 Å². The number of rotatable bonds is 4. The van der Waals surface area contributed by atoms with Gasteiger partial charge in [-0.1, -0.05) is 6.42 Å². The summed E-state index contributed by atoms with van der Waals surface area (Å²) in [4.78, 5) is 11.6. The van der Waals surface area contributed by atoms with Crippen LogP contribution in [0.4, 0.5) is 4.79 Å². The fourth-order valence-electron chi connectivity index (χ4n) is 1.96. The number of hydrogen-bond acceptors (Lipinski definition) is 4. The minimum absolute atomic E-state index is 0.417. The molecule has 21 heavy (non-hydrogen) atoms. The van der Waals surface area contributed by atoms with Gasteiger partial charge in [-0.05, 0) is 46.6 Å². The third-order valence-electron chi connectivity index (χ3n) is 2.96. The van der Waals surface area contributed by atoms with Crippen LogP contribution in [0.15, 0.2) is 11.5 Å². The van der Waals surface area contributed by atoms with Gasteiger partial charge in [0.25, 0.3) is 0 Å². The molecule has 1 amide bonds. The SMILES string of the molecule is CC(/C=C/S(=O)(=O)N1CCCCC1)NC(=O)OC(C)(C)C. The van der Waals surface area contributed by atoms with E-state index in [9.17, 15) is 13.2 Å². The normalized spacial score (nSPS) is 19.4. The van der Waals surface area contributed by atoms with Crippen LogP contribution in [-0.4, -0.2) is 43.5 Å². The first-order valence-corrected chi connectivity index (χ1v) is 8.78. The quantitative estimate of drug-likeness (QED) is 0.862. The number of amides is 1. The summed E-state index contributed by atoms with van der Waals surface area (Å²) in [6, 6.07) is -0.417. The minimum Gasteiger partial charge on any atom is -0.444 e. The number of nitrogens with zero attached hydrogens (tertiary/aromatic N) is 1. The molecule has 122 valence electrons. The molecule has 1 N–H and O–H groups in total. The molecule has 0 aromatic carbocycles. The average Bonchev–Trinajstić information content (AvgIpc) is 2.35. The Bertz CT molecular complexity index is 474. The maximum atomic E-state index is 12.1. The Kier molecular flexibility index (Phi) is 6.22. The maximum absolute atomic E-state index is 12.1. The van der Waals surface area contributed by atoms with E-state index in [0.717, 1.165) is 19.3 Å². The van der Waals surface area contributed by atoms with Crippen LogP contribution in [0, 0.1) is 0 Å². The Hall–Kier alpha value is -1.08. The van der Waals surface area contributed by atoms with Crippen molar-refractivity contribution in [2.45, 2.75) is 58.6 Å². The third-order valence-corrected chi connectivity index (χ3v) is 4.54. The molecule has 1 saturated heterocycles. The van der Waals surface area contributed by atoms with Gasteiger partial charge in [-0.2, -0.15) is 4.31 Å². The van der Waals surface area contributed by atoms with Crippen molar-refractivity contribution >= 4 is 16.1 Å². The van der Waals surface area contributed by atoms with Crippen molar-refractivity contribution in [2.24, 2.45) is 0 Å². The lowest BCUT2D eigenvalue weighted by molar-refractivity contribution is 0.0518. The van der Waals surface area contributed by atoms with Crippen LogP contribution >= 0.6 is 0 Å². The van der Waals surface area contributed by atoms with E-state index in [0.29, 0.717) is 13.1 Å². The molecule has 6 nitrogen and oxygen atoms in total. The zero-order valence-electron chi connectivity index (χ0n) is 13.3. The summed E-state index contributed by atoms with van der Waals surface area (Å²) in [6.07, 6.45) is 3.78. The van der Waals surface area contributed by atoms with Gasteiger partial charge >= 0.3 is 6.09 Å². The second-order valence-corrected chi connectivity index (χ2v) is 8.09. The van der Waals surface area contributed by atoms with Crippen LogP contribution < -0.4 is 5.32 Å². The van der Waals surface area contributed by atoms with Crippen LogP contribution in [0.3, 0.4) is 0 Å². The number of sulfonamides is 1. The molecule has 7 heteroatoms. The number of nitrogens with one attached hydrogen (secondary N) is 1. The monoisotopic (exact) mass is 318 g/mol. The summed E-state index contributed by atoms with van der Waals surface area (Å²) in [5.41, 5.74) is -0.576. The first kappa shape index (κ1) is 18.0. The second kappa shape index (κ2) is 7.26. The van der Waals surface area contributed by atoms with Gasteiger partial charge in [0.2, 0.25) is 10.0 Å². The Labute approximate surface area is 127 Å². The van der Waals surface area contributed by atoms with E-state index in [1.807, 2.05) is 0 Å². The summed E-state index contributed by atoms with van der Waals surface area (Å²) in [5, 5.41) is 3.75. The molecule has 1 aliphatic rings. The summed E-state index contributed by atoms with van der Waals surface area (Å²) in [5.74, 6) is 0. The van der Waals surface area contributed by atoms with Crippen LogP contribution in [0.2, 0.25) is 0 Å². The lowest BCUT2D eigenvalue weighted by atomic mass is 10.2. The lowest BCUT2D eigenvalue weighted by Crippen LogP contribution is -2.37. The first-order chi connectivity index (χ1) is 9.60. The van der Waals surface area contributed by atoms with E-state index < -0.39 is 27.8 Å². The molecule has 1 aliphatic heterocycles. The van der Waals surface area contributed by atoms with Gasteiger partial charge in [0, 0.05) is 24.5 Å². The maximum Gasteiger partial charge on any atom is 0.408 e. The second-order valence-electron chi connectivity index (χ2n) is 6.27. The number of hydrogen-bond donors (Lipinski definition) is 1. The van der Waals surface area contributed by atoms with E-state index in [-0.39, 0.29) is 0 Å². The fraction of sp³-hybridized carbons (Fsp3) is 0.786. The summed E-state index contributed by atoms with van der Waals surface area (Å²) >= 11 is 0. The highest BCUT2D eigenvalue weighted by molar-refractivity contribution is 7.92. The minimum atomic E-state index is -3.39. The predicted molar refractivity (Wildman–Crippen MR) is 82.3 cm³/mol. The average molecular weight is 318 g/mol. The van der Waals surface area contributed by atoms with Crippen LogP contribution in [-0.2, 0) is 14.8 Å². The van der Waals surface area contributed by atoms with Gasteiger partial charge in [0.15, 0.2) is 0 Å². The van der Waals surface area contributed by atoms with Crippen molar-refractivity contribution in [3.05, 3.63) is 11.5 Å². The Balaban J connectivity index is 2.52. The van der Waals surface area contributed by atoms with E-state index in [1.165, 1.54) is 15.8 Å². The zero-order valence-corrected chi connectivity index (χ0v) is 14.1. The number of carbonyl (C=O) groups is 1. The summed E-state index contributed by atoms with van der Waals surface area (Å²) in [7, 11) is -3.39. The molecule has 1 rings (SSSR count). The number of ether oxygens (including phenoxy) is 1. The van der Waals surface area contributed by atoms with Crippen molar-refractivity contribution in [1.82, 2.24) is 9.62 Å². The van der Waals surface area contributed by atoms with Crippen molar-refractivity contribution in [3.8, 4) is 0 Å². The highest BCUT2D eigenvalue weighted by atomic mass is 32.2. The van der Waals surface area contributed by atoms with E-state index >= 15 is 0 Å². The van der Waals surface area contributed by atoms with Crippen LogP contribution in [0.5, 0.6) is 0 Å². The molecule has 1 atom stereocenters. The van der Waals surface area contributed by atoms with E-state index in [2.05, 4.69) is 5.32 Å². The molecule has 0 radical (unpaired) electrons. The molecular weight excluding hydrogens is 292 g/mol. The molecule has 1 fully saturated rings. The van der Waals surface area contributed by atoms with E-state index in [4.69, 9.17) is 4.74 Å². The Morgan fingerprint density at radius 1 is 1.24 bits per heavy atom. The van der Waals surface area contributed by atoms with Crippen LogP contribution in [0.25, 0.3) is 0 Å². The van der Waals surface area contributed by atoms with Crippen molar-refractivity contribution in [1.29, 1.82) is 0 Å². The van der Waals surface area contributed by atoms with Crippen LogP contribution in [0.1, 0.15) is 47.0 Å². The molecule has 0 spiro atoms. The molecule has 0 saturated carbocycles. The van der Waals surface area contributed by atoms with Gasteiger partial charge in [-0.3, -0.25) is 0 Å². The first-order valence-electron chi connectivity index (χ1n) is 7.28. The smallest absolute Gasteiger partial charge is 0.408 e. The molecule has 0 aromatic rings. The van der Waals surface area contributed by atoms with E-state index in [1.54, 1.807) is 27.7 Å². The van der Waals surface area contributed by atoms with Gasteiger partial charge in [0.1, 0.15) is 5.60 Å². The molecule has 1 heterocycles. The highest BCUT2D eigenvalue weighted by Gasteiger charge is 2.22. The highest BCUT2D eigenvalue weighted by Crippen LogP contribution is 2.14. The number of carbonyl (C=O) groups excluding carboxylic acids is 1. The van der Waals surface area contributed by atoms with Gasteiger partial charge in [-0.15, -0.1) is 0 Å². The van der Waals surface area contributed by atoms with Gasteiger partial charge in [-0.25, -0.2) is 13.2 Å². The predicted octanol–water partition coefficient (Wildman–Crippen LogP) is 2.23. The van der Waals surface area contributed by atoms with Gasteiger partial charge < -0.3 is 10.1 Å². The van der Waals surface area contributed by atoms with Crippen molar-refractivity contribution in [2.75, 3.05) is 13.1 Å². The Morgan fingerprint density at radius 2 is 1.81 bits per heavy atom. The lowest BCUT2D eigenvalue weighted by Gasteiger charge is -2.24. The molecule has 0 aliphatic carbocycles. The van der Waals surface area contributed by atoms with Gasteiger partial charge in [0.05, 0.1) is 0 Å². The molecule has 0 bridgehead atoms. The zero-order chi connectivity index (χ0) is 16.1. The molecular formula is C14H26N2O4S. The summed E-state index contributed by atoms with van der Waals surface area (Å²) < 4.78 is 30.8.